The molecule has 2 fully saturated rings. The van der Waals surface area contributed by atoms with E-state index in [0.717, 1.165) is 44.5 Å². The Morgan fingerprint density at radius 3 is 2.95 bits per heavy atom. The lowest BCUT2D eigenvalue weighted by molar-refractivity contribution is -0.158. The van der Waals surface area contributed by atoms with Gasteiger partial charge in [-0.2, -0.15) is 0 Å². The zero-order valence-electron chi connectivity index (χ0n) is 12.3. The van der Waals surface area contributed by atoms with Crippen molar-refractivity contribution in [2.24, 2.45) is 11.3 Å². The minimum absolute atomic E-state index is 0.0684. The molecule has 1 saturated heterocycles. The largest absolute Gasteiger partial charge is 0.504 e. The molecule has 0 aromatic carbocycles. The van der Waals surface area contributed by atoms with Gasteiger partial charge in [-0.05, 0) is 37.8 Å². The quantitative estimate of drug-likeness (QED) is 0.578. The number of hydrogen-bond donors (Lipinski definition) is 0. The summed E-state index contributed by atoms with van der Waals surface area (Å²) in [7, 11) is 1.66. The number of hydrogen-bond acceptors (Lipinski definition) is 4. The zero-order valence-corrected chi connectivity index (χ0v) is 12.3. The van der Waals surface area contributed by atoms with Gasteiger partial charge in [-0.15, -0.1) is 0 Å². The maximum absolute atomic E-state index is 12.5. The van der Waals surface area contributed by atoms with Crippen LogP contribution >= 0.6 is 0 Å². The lowest BCUT2D eigenvalue weighted by Crippen LogP contribution is -2.55. The molecule has 0 spiro atoms. The monoisotopic (exact) mass is 267 g/mol. The Morgan fingerprint density at radius 2 is 2.32 bits per heavy atom. The molecule has 0 N–H and O–H groups in total. The van der Waals surface area contributed by atoms with Gasteiger partial charge in [0.25, 0.3) is 0 Å². The number of likely N-dealkylation sites (tertiary alicyclic amines) is 1. The third kappa shape index (κ3) is 2.50. The van der Waals surface area contributed by atoms with Crippen molar-refractivity contribution in [3.05, 3.63) is 11.8 Å². The summed E-state index contributed by atoms with van der Waals surface area (Å²) in [6.07, 6.45) is 4.93. The Hall–Kier alpha value is -1.03. The van der Waals surface area contributed by atoms with Crippen LogP contribution in [0.15, 0.2) is 11.8 Å². The van der Waals surface area contributed by atoms with E-state index >= 15 is 0 Å². The highest BCUT2D eigenvalue weighted by molar-refractivity contribution is 5.81. The molecule has 2 aliphatic rings. The number of fused-ring (bicyclic) bond motifs is 2. The number of piperidine rings is 1. The number of ether oxygens (including phenoxy) is 2. The van der Waals surface area contributed by atoms with Crippen molar-refractivity contribution < 1.29 is 14.3 Å². The van der Waals surface area contributed by atoms with Crippen LogP contribution in [-0.2, 0) is 14.3 Å². The van der Waals surface area contributed by atoms with Crippen LogP contribution in [0.25, 0.3) is 0 Å². The number of methoxy groups -OCH3 is 1. The van der Waals surface area contributed by atoms with E-state index in [0.29, 0.717) is 12.5 Å². The molecule has 2 rings (SSSR count). The van der Waals surface area contributed by atoms with Crippen molar-refractivity contribution in [1.29, 1.82) is 0 Å². The molecule has 0 radical (unpaired) electrons. The summed E-state index contributed by atoms with van der Waals surface area (Å²) in [4.78, 5) is 14.9. The number of rotatable bonds is 4. The molecule has 4 heteroatoms. The minimum Gasteiger partial charge on any atom is -0.504 e. The van der Waals surface area contributed by atoms with Crippen LogP contribution in [0.4, 0.5) is 0 Å². The summed E-state index contributed by atoms with van der Waals surface area (Å²) in [5.74, 6) is 0.368. The second-order valence-electron chi connectivity index (χ2n) is 5.53. The third-order valence-corrected chi connectivity index (χ3v) is 4.48. The van der Waals surface area contributed by atoms with E-state index < -0.39 is 5.41 Å². The van der Waals surface area contributed by atoms with Crippen molar-refractivity contribution >= 4 is 5.97 Å². The topological polar surface area (TPSA) is 38.8 Å². The smallest absolute Gasteiger partial charge is 0.317 e. The van der Waals surface area contributed by atoms with Crippen LogP contribution in [0, 0.1) is 11.3 Å². The molecule has 4 nitrogen and oxygen atoms in total. The maximum Gasteiger partial charge on any atom is 0.317 e. The highest BCUT2D eigenvalue weighted by Crippen LogP contribution is 2.49. The Kier molecular flexibility index (Phi) is 4.50. The van der Waals surface area contributed by atoms with Crippen molar-refractivity contribution in [2.75, 3.05) is 33.4 Å². The van der Waals surface area contributed by atoms with Gasteiger partial charge in [-0.25, -0.2) is 0 Å². The number of carbonyl (C=O) groups is 1. The average molecular weight is 267 g/mol. The van der Waals surface area contributed by atoms with E-state index in [1.54, 1.807) is 13.4 Å². The molecule has 1 heterocycles. The fourth-order valence-electron chi connectivity index (χ4n) is 3.59. The molecule has 0 aromatic heterocycles. The molecule has 19 heavy (non-hydrogen) atoms. The fourth-order valence-corrected chi connectivity index (χ4v) is 3.59. The molecule has 0 aromatic rings. The van der Waals surface area contributed by atoms with Crippen LogP contribution in [-0.4, -0.2) is 44.2 Å². The van der Waals surface area contributed by atoms with E-state index in [-0.39, 0.29) is 5.97 Å². The molecule has 0 amide bonds. The first kappa shape index (κ1) is 14.4. The average Bonchev–Trinajstić information content (AvgIpc) is 2.39. The van der Waals surface area contributed by atoms with E-state index in [4.69, 9.17) is 9.47 Å². The third-order valence-electron chi connectivity index (χ3n) is 4.48. The summed E-state index contributed by atoms with van der Waals surface area (Å²) in [5, 5.41) is 0. The first-order valence-corrected chi connectivity index (χ1v) is 7.30. The lowest BCUT2D eigenvalue weighted by Gasteiger charge is -2.49. The Balaban J connectivity index is 2.36. The van der Waals surface area contributed by atoms with Crippen LogP contribution < -0.4 is 0 Å². The van der Waals surface area contributed by atoms with Crippen molar-refractivity contribution in [1.82, 2.24) is 4.90 Å². The Morgan fingerprint density at radius 1 is 1.53 bits per heavy atom. The first-order valence-electron chi connectivity index (χ1n) is 7.30. The van der Waals surface area contributed by atoms with E-state index in [9.17, 15) is 4.79 Å². The number of esters is 1. The highest BCUT2D eigenvalue weighted by Gasteiger charge is 2.52. The number of nitrogens with zero attached hydrogens (tertiary/aromatic N) is 1. The molecule has 2 bridgehead atoms. The van der Waals surface area contributed by atoms with Gasteiger partial charge in [0, 0.05) is 13.1 Å². The highest BCUT2D eigenvalue weighted by atomic mass is 16.5. The number of carbonyl (C=O) groups excluding carboxylic acids is 1. The standard InChI is InChI=1S/C15H25NO3/c1-4-16-9-12-7-6-8-15(11-16,13(12)10-18-3)14(17)19-5-2/h10,12H,4-9,11H2,1-3H3/t12-,15-/m1/s1. The Labute approximate surface area is 115 Å². The van der Waals surface area contributed by atoms with Gasteiger partial charge in [0.05, 0.1) is 20.0 Å². The Bertz CT molecular complexity index is 366. The second-order valence-corrected chi connectivity index (χ2v) is 5.53. The minimum atomic E-state index is -0.469. The summed E-state index contributed by atoms with van der Waals surface area (Å²) >= 11 is 0. The van der Waals surface area contributed by atoms with E-state index in [2.05, 4.69) is 11.8 Å². The summed E-state index contributed by atoms with van der Waals surface area (Å²) in [6.45, 7) is 7.25. The molecule has 1 aliphatic heterocycles. The molecular formula is C15H25NO3. The van der Waals surface area contributed by atoms with E-state index in [1.807, 2.05) is 6.92 Å². The fraction of sp³-hybridized carbons (Fsp3) is 0.800. The van der Waals surface area contributed by atoms with Gasteiger partial charge in [0.2, 0.25) is 0 Å². The van der Waals surface area contributed by atoms with Gasteiger partial charge in [0.15, 0.2) is 0 Å². The predicted molar refractivity (Wildman–Crippen MR) is 73.6 cm³/mol. The summed E-state index contributed by atoms with van der Waals surface area (Å²) in [6, 6.07) is 0. The maximum atomic E-state index is 12.5. The van der Waals surface area contributed by atoms with Crippen molar-refractivity contribution in [3.8, 4) is 0 Å². The normalized spacial score (nSPS) is 33.2. The van der Waals surface area contributed by atoms with Crippen molar-refractivity contribution in [2.45, 2.75) is 33.1 Å². The second kappa shape index (κ2) is 5.95. The van der Waals surface area contributed by atoms with Gasteiger partial charge >= 0.3 is 5.97 Å². The van der Waals surface area contributed by atoms with Gasteiger partial charge in [-0.3, -0.25) is 4.79 Å². The lowest BCUT2D eigenvalue weighted by atomic mass is 9.63. The molecule has 0 unspecified atom stereocenters. The predicted octanol–water partition coefficient (Wildman–Crippen LogP) is 2.20. The summed E-state index contributed by atoms with van der Waals surface area (Å²) < 4.78 is 10.6. The first-order chi connectivity index (χ1) is 9.17. The molecule has 108 valence electrons. The van der Waals surface area contributed by atoms with Gasteiger partial charge in [0.1, 0.15) is 5.41 Å². The molecule has 2 atom stereocenters. The van der Waals surface area contributed by atoms with Gasteiger partial charge < -0.3 is 14.4 Å². The van der Waals surface area contributed by atoms with Crippen LogP contribution in [0.5, 0.6) is 0 Å². The molecule has 1 aliphatic carbocycles. The molecule has 1 saturated carbocycles. The zero-order chi connectivity index (χ0) is 13.9. The van der Waals surface area contributed by atoms with Crippen LogP contribution in [0.1, 0.15) is 33.1 Å². The van der Waals surface area contributed by atoms with Crippen LogP contribution in [0.2, 0.25) is 0 Å². The summed E-state index contributed by atoms with van der Waals surface area (Å²) in [5.41, 5.74) is 0.688. The van der Waals surface area contributed by atoms with E-state index in [1.165, 1.54) is 0 Å². The van der Waals surface area contributed by atoms with Crippen LogP contribution in [0.3, 0.4) is 0 Å². The van der Waals surface area contributed by atoms with Gasteiger partial charge in [-0.1, -0.05) is 13.3 Å². The SMILES string of the molecule is CCOC(=O)[C@]12CCC[C@H](CN(CC)C1)C2=COC. The molecular weight excluding hydrogens is 242 g/mol. The van der Waals surface area contributed by atoms with Crippen molar-refractivity contribution in [3.63, 3.8) is 0 Å².